The monoisotopic (exact) mass is 298 g/mol. The fourth-order valence-electron chi connectivity index (χ4n) is 1.82. The lowest BCUT2D eigenvalue weighted by Gasteiger charge is -2.26. The summed E-state index contributed by atoms with van der Waals surface area (Å²) in [6, 6.07) is 3.92. The zero-order valence-corrected chi connectivity index (χ0v) is 11.7. The first-order valence-corrected chi connectivity index (χ1v) is 5.66. The molecule has 0 aromatic carbocycles. The van der Waals surface area contributed by atoms with Crippen molar-refractivity contribution in [3.05, 3.63) is 23.4 Å². The molecule has 2 rings (SSSR count). The Morgan fingerprint density at radius 1 is 1.24 bits per heavy atom. The van der Waals surface area contributed by atoms with Crippen LogP contribution in [0.3, 0.4) is 0 Å². The quantitative estimate of drug-likeness (QED) is 0.912. The Labute approximate surface area is 119 Å². The molecule has 98 valence electrons. The molecule has 0 bridgehead atoms. The third-order valence-corrected chi connectivity index (χ3v) is 3.01. The average Bonchev–Trinajstić information content (AvgIpc) is 2.25. The topological polar surface area (TPSA) is 48.1 Å². The first kappa shape index (κ1) is 16.8. The van der Waals surface area contributed by atoms with Gasteiger partial charge in [0.25, 0.3) is 0 Å². The van der Waals surface area contributed by atoms with Crippen molar-refractivity contribution in [3.8, 4) is 5.88 Å². The molecule has 1 aliphatic rings. The summed E-state index contributed by atoms with van der Waals surface area (Å²) < 4.78 is 5.74. The van der Waals surface area contributed by atoms with Crippen LogP contribution in [-0.2, 0) is 0 Å². The van der Waals surface area contributed by atoms with Crippen molar-refractivity contribution in [3.63, 3.8) is 0 Å². The number of nitrogens with zero attached hydrogens (tertiary/aromatic N) is 1. The lowest BCUT2D eigenvalue weighted by molar-refractivity contribution is 0.141. The Morgan fingerprint density at radius 3 is 2.47 bits per heavy atom. The van der Waals surface area contributed by atoms with E-state index in [1.54, 1.807) is 18.3 Å². The van der Waals surface area contributed by atoms with Crippen LogP contribution in [0.5, 0.6) is 5.88 Å². The second-order valence-electron chi connectivity index (χ2n) is 3.95. The Bertz CT molecular complexity index is 330. The molecular weight excluding hydrogens is 282 g/mol. The van der Waals surface area contributed by atoms with Crippen molar-refractivity contribution >= 4 is 36.4 Å². The maximum Gasteiger partial charge on any atom is 0.232 e. The van der Waals surface area contributed by atoms with Gasteiger partial charge in [-0.05, 0) is 37.8 Å². The normalized spacial score (nSPS) is 23.2. The van der Waals surface area contributed by atoms with Crippen LogP contribution >= 0.6 is 36.4 Å². The van der Waals surface area contributed by atoms with Gasteiger partial charge in [0.1, 0.15) is 11.1 Å². The third kappa shape index (κ3) is 4.88. The zero-order valence-electron chi connectivity index (χ0n) is 9.34. The molecule has 6 heteroatoms. The van der Waals surface area contributed by atoms with Gasteiger partial charge in [-0.1, -0.05) is 11.6 Å². The van der Waals surface area contributed by atoms with E-state index in [0.717, 1.165) is 25.7 Å². The SMILES string of the molecule is Cl.Cl.NC1CCC(Oc2ncccc2Cl)CC1. The van der Waals surface area contributed by atoms with Gasteiger partial charge in [-0.3, -0.25) is 0 Å². The number of rotatable bonds is 2. The van der Waals surface area contributed by atoms with Gasteiger partial charge < -0.3 is 10.5 Å². The molecule has 0 atom stereocenters. The molecule has 1 aliphatic carbocycles. The molecule has 1 aromatic rings. The lowest BCUT2D eigenvalue weighted by atomic mass is 9.94. The van der Waals surface area contributed by atoms with Gasteiger partial charge in [-0.2, -0.15) is 0 Å². The van der Waals surface area contributed by atoms with E-state index in [1.807, 2.05) is 0 Å². The van der Waals surface area contributed by atoms with E-state index in [-0.39, 0.29) is 30.9 Å². The van der Waals surface area contributed by atoms with E-state index in [2.05, 4.69) is 4.98 Å². The summed E-state index contributed by atoms with van der Waals surface area (Å²) in [5.41, 5.74) is 5.82. The average molecular weight is 300 g/mol. The van der Waals surface area contributed by atoms with Crippen LogP contribution in [0.25, 0.3) is 0 Å². The standard InChI is InChI=1S/C11H15ClN2O.2ClH/c12-10-2-1-7-14-11(10)15-9-5-3-8(13)4-6-9;;/h1-2,7-9H,3-6,13H2;2*1H. The molecule has 0 unspecified atom stereocenters. The molecule has 3 nitrogen and oxygen atoms in total. The molecule has 0 radical (unpaired) electrons. The van der Waals surface area contributed by atoms with E-state index in [1.165, 1.54) is 0 Å². The van der Waals surface area contributed by atoms with Crippen LogP contribution < -0.4 is 10.5 Å². The number of nitrogens with two attached hydrogens (primary N) is 1. The van der Waals surface area contributed by atoms with Crippen LogP contribution in [-0.4, -0.2) is 17.1 Å². The second kappa shape index (κ2) is 7.98. The van der Waals surface area contributed by atoms with Crippen LogP contribution in [0, 0.1) is 0 Å². The van der Waals surface area contributed by atoms with Gasteiger partial charge in [-0.25, -0.2) is 4.98 Å². The summed E-state index contributed by atoms with van der Waals surface area (Å²) >= 11 is 5.96. The first-order chi connectivity index (χ1) is 7.25. The fourth-order valence-corrected chi connectivity index (χ4v) is 1.99. The molecule has 2 N–H and O–H groups in total. The largest absolute Gasteiger partial charge is 0.473 e. The number of hydrogen-bond acceptors (Lipinski definition) is 3. The van der Waals surface area contributed by atoms with E-state index in [4.69, 9.17) is 22.1 Å². The van der Waals surface area contributed by atoms with Crippen molar-refractivity contribution < 1.29 is 4.74 Å². The Hall–Kier alpha value is -0.220. The predicted octanol–water partition coefficient (Wildman–Crippen LogP) is 3.23. The van der Waals surface area contributed by atoms with Crippen molar-refractivity contribution in [2.24, 2.45) is 5.73 Å². The number of ether oxygens (including phenoxy) is 1. The van der Waals surface area contributed by atoms with Crippen LogP contribution in [0.15, 0.2) is 18.3 Å². The van der Waals surface area contributed by atoms with Gasteiger partial charge >= 0.3 is 0 Å². The molecule has 0 saturated heterocycles. The summed E-state index contributed by atoms with van der Waals surface area (Å²) in [6.45, 7) is 0. The molecule has 1 aromatic heterocycles. The molecule has 17 heavy (non-hydrogen) atoms. The molecule has 1 fully saturated rings. The minimum absolute atomic E-state index is 0. The minimum Gasteiger partial charge on any atom is -0.473 e. The molecule has 1 heterocycles. The van der Waals surface area contributed by atoms with Crippen LogP contribution in [0.4, 0.5) is 0 Å². The molecule has 0 amide bonds. The fraction of sp³-hybridized carbons (Fsp3) is 0.545. The third-order valence-electron chi connectivity index (χ3n) is 2.72. The van der Waals surface area contributed by atoms with E-state index < -0.39 is 0 Å². The summed E-state index contributed by atoms with van der Waals surface area (Å²) in [5, 5.41) is 0.576. The molecule has 1 saturated carbocycles. The van der Waals surface area contributed by atoms with Gasteiger partial charge in [0.2, 0.25) is 5.88 Å². The van der Waals surface area contributed by atoms with Crippen LogP contribution in [0.2, 0.25) is 5.02 Å². The van der Waals surface area contributed by atoms with Gasteiger partial charge in [0.15, 0.2) is 0 Å². The van der Waals surface area contributed by atoms with E-state index >= 15 is 0 Å². The molecular formula is C11H17Cl3N2O. The first-order valence-electron chi connectivity index (χ1n) is 5.28. The van der Waals surface area contributed by atoms with Crippen molar-refractivity contribution in [1.82, 2.24) is 4.98 Å². The van der Waals surface area contributed by atoms with E-state index in [0.29, 0.717) is 16.9 Å². The predicted molar refractivity (Wildman–Crippen MR) is 74.6 cm³/mol. The van der Waals surface area contributed by atoms with Crippen molar-refractivity contribution in [1.29, 1.82) is 0 Å². The Kier molecular flexibility index (Phi) is 7.88. The highest BCUT2D eigenvalue weighted by molar-refractivity contribution is 6.31. The van der Waals surface area contributed by atoms with E-state index in [9.17, 15) is 0 Å². The number of halogens is 3. The summed E-state index contributed by atoms with van der Waals surface area (Å²) in [6.07, 6.45) is 5.94. The highest BCUT2D eigenvalue weighted by Gasteiger charge is 2.20. The number of pyridine rings is 1. The summed E-state index contributed by atoms with van der Waals surface area (Å²) in [7, 11) is 0. The van der Waals surface area contributed by atoms with Crippen molar-refractivity contribution in [2.75, 3.05) is 0 Å². The molecule has 0 aliphatic heterocycles. The van der Waals surface area contributed by atoms with Gasteiger partial charge in [0.05, 0.1) is 0 Å². The Morgan fingerprint density at radius 2 is 1.88 bits per heavy atom. The maximum atomic E-state index is 5.96. The minimum atomic E-state index is 0. The summed E-state index contributed by atoms with van der Waals surface area (Å²) in [5.74, 6) is 0.541. The highest BCUT2D eigenvalue weighted by atomic mass is 35.5. The van der Waals surface area contributed by atoms with Crippen molar-refractivity contribution in [2.45, 2.75) is 37.8 Å². The smallest absolute Gasteiger partial charge is 0.232 e. The van der Waals surface area contributed by atoms with Gasteiger partial charge in [-0.15, -0.1) is 24.8 Å². The number of aromatic nitrogens is 1. The Balaban J connectivity index is 0.00000128. The number of hydrogen-bond donors (Lipinski definition) is 1. The maximum absolute atomic E-state index is 5.96. The second-order valence-corrected chi connectivity index (χ2v) is 4.35. The highest BCUT2D eigenvalue weighted by Crippen LogP contribution is 2.26. The van der Waals surface area contributed by atoms with Crippen LogP contribution in [0.1, 0.15) is 25.7 Å². The van der Waals surface area contributed by atoms with Gasteiger partial charge in [0, 0.05) is 12.2 Å². The summed E-state index contributed by atoms with van der Waals surface area (Å²) in [4.78, 5) is 4.11. The molecule has 0 spiro atoms. The zero-order chi connectivity index (χ0) is 10.7. The lowest BCUT2D eigenvalue weighted by Crippen LogP contribution is -2.31.